The summed E-state index contributed by atoms with van der Waals surface area (Å²) in [6.07, 6.45) is 1.29. The fraction of sp³-hybridized carbons (Fsp3) is 0.438. The number of nitrogens with zero attached hydrogens (tertiary/aromatic N) is 2. The molecule has 112 valence electrons. The van der Waals surface area contributed by atoms with Gasteiger partial charge in [-0.25, -0.2) is 0 Å². The molecule has 1 aromatic heterocycles. The quantitative estimate of drug-likeness (QED) is 0.827. The number of fused-ring (bicyclic) bond motifs is 1. The van der Waals surface area contributed by atoms with Crippen LogP contribution in [0.4, 0.5) is 0 Å². The van der Waals surface area contributed by atoms with Gasteiger partial charge < -0.3 is 19.7 Å². The molecule has 0 aliphatic carbocycles. The van der Waals surface area contributed by atoms with Crippen molar-refractivity contribution >= 4 is 16.8 Å². The molecule has 1 aromatic carbocycles. The molecule has 0 unspecified atom stereocenters. The van der Waals surface area contributed by atoms with E-state index in [1.54, 1.807) is 11.8 Å². The van der Waals surface area contributed by atoms with Gasteiger partial charge in [-0.05, 0) is 19.4 Å². The Labute approximate surface area is 123 Å². The molecule has 1 aliphatic heterocycles. The molecule has 3 rings (SSSR count). The Kier molecular flexibility index (Phi) is 3.26. The van der Waals surface area contributed by atoms with Crippen LogP contribution in [0.3, 0.4) is 0 Å². The fourth-order valence-electron chi connectivity index (χ4n) is 2.89. The number of β-amino-alcohol motifs (C(OH)–C–C–N with tert-alkyl or cyclic N) is 1. The lowest BCUT2D eigenvalue weighted by molar-refractivity contribution is -0.0999. The summed E-state index contributed by atoms with van der Waals surface area (Å²) < 4.78 is 1.93. The molecule has 1 saturated heterocycles. The van der Waals surface area contributed by atoms with Crippen LogP contribution in [-0.4, -0.2) is 50.4 Å². The second-order valence-electron chi connectivity index (χ2n) is 6.04. The number of aromatic nitrogens is 1. The Morgan fingerprint density at radius 2 is 2.10 bits per heavy atom. The number of aliphatic hydroxyl groups is 2. The SMILES string of the molecule is Cn1cc(C(=O)N2CC[C@@](C)(O)[C@@H](O)C2)c2ccccc21. The van der Waals surface area contributed by atoms with Crippen molar-refractivity contribution in [2.24, 2.45) is 7.05 Å². The van der Waals surface area contributed by atoms with Gasteiger partial charge >= 0.3 is 0 Å². The highest BCUT2D eigenvalue weighted by Gasteiger charge is 2.38. The monoisotopic (exact) mass is 288 g/mol. The molecule has 0 saturated carbocycles. The van der Waals surface area contributed by atoms with E-state index in [-0.39, 0.29) is 12.5 Å². The summed E-state index contributed by atoms with van der Waals surface area (Å²) in [6, 6.07) is 7.76. The van der Waals surface area contributed by atoms with Gasteiger partial charge in [-0.1, -0.05) is 18.2 Å². The normalized spacial score (nSPS) is 26.3. The molecule has 2 atom stereocenters. The molecular weight excluding hydrogens is 268 g/mol. The van der Waals surface area contributed by atoms with E-state index in [1.165, 1.54) is 0 Å². The number of amides is 1. The molecular formula is C16H20N2O3. The molecule has 5 heteroatoms. The third-order valence-corrected chi connectivity index (χ3v) is 4.41. The molecule has 2 N–H and O–H groups in total. The third-order valence-electron chi connectivity index (χ3n) is 4.41. The van der Waals surface area contributed by atoms with E-state index in [0.717, 1.165) is 10.9 Å². The summed E-state index contributed by atoms with van der Waals surface area (Å²) in [4.78, 5) is 14.3. The topological polar surface area (TPSA) is 65.7 Å². The van der Waals surface area contributed by atoms with Crippen LogP contribution >= 0.6 is 0 Å². The van der Waals surface area contributed by atoms with E-state index in [1.807, 2.05) is 42.1 Å². The van der Waals surface area contributed by atoms with Crippen molar-refractivity contribution in [3.8, 4) is 0 Å². The largest absolute Gasteiger partial charge is 0.388 e. The Morgan fingerprint density at radius 3 is 2.81 bits per heavy atom. The lowest BCUT2D eigenvalue weighted by Gasteiger charge is -2.39. The molecule has 0 bridgehead atoms. The van der Waals surface area contributed by atoms with E-state index in [4.69, 9.17) is 0 Å². The van der Waals surface area contributed by atoms with Crippen LogP contribution in [0.5, 0.6) is 0 Å². The number of hydrogen-bond donors (Lipinski definition) is 2. The van der Waals surface area contributed by atoms with Gasteiger partial charge in [0.15, 0.2) is 0 Å². The number of carbonyl (C=O) groups is 1. The number of piperidine rings is 1. The number of rotatable bonds is 1. The van der Waals surface area contributed by atoms with Gasteiger partial charge in [0.05, 0.1) is 17.3 Å². The molecule has 1 fully saturated rings. The van der Waals surface area contributed by atoms with Crippen molar-refractivity contribution in [2.75, 3.05) is 13.1 Å². The smallest absolute Gasteiger partial charge is 0.256 e. The zero-order valence-corrected chi connectivity index (χ0v) is 12.3. The van der Waals surface area contributed by atoms with Crippen LogP contribution in [0.2, 0.25) is 0 Å². The highest BCUT2D eigenvalue weighted by Crippen LogP contribution is 2.26. The number of hydrogen-bond acceptors (Lipinski definition) is 3. The summed E-state index contributed by atoms with van der Waals surface area (Å²) in [5, 5.41) is 20.9. The van der Waals surface area contributed by atoms with Crippen LogP contribution in [-0.2, 0) is 7.05 Å². The lowest BCUT2D eigenvalue weighted by Crippen LogP contribution is -2.55. The van der Waals surface area contributed by atoms with Crippen molar-refractivity contribution in [3.05, 3.63) is 36.0 Å². The maximum Gasteiger partial charge on any atom is 0.256 e. The summed E-state index contributed by atoms with van der Waals surface area (Å²) in [7, 11) is 1.91. The summed E-state index contributed by atoms with van der Waals surface area (Å²) >= 11 is 0. The second-order valence-corrected chi connectivity index (χ2v) is 6.04. The maximum atomic E-state index is 12.7. The van der Waals surface area contributed by atoms with Gasteiger partial charge in [0, 0.05) is 37.2 Å². The predicted octanol–water partition coefficient (Wildman–Crippen LogP) is 1.14. The van der Waals surface area contributed by atoms with Gasteiger partial charge in [-0.3, -0.25) is 4.79 Å². The molecule has 1 amide bonds. The highest BCUT2D eigenvalue weighted by molar-refractivity contribution is 6.07. The standard InChI is InChI=1S/C16H20N2O3/c1-16(21)7-8-18(10-14(16)19)15(20)12-9-17(2)13-6-4-3-5-11(12)13/h3-6,9,14,19,21H,7-8,10H2,1-2H3/t14-,16+/m0/s1. The summed E-state index contributed by atoms with van der Waals surface area (Å²) in [5.41, 5.74) is 0.530. The van der Waals surface area contributed by atoms with Gasteiger partial charge in [-0.2, -0.15) is 0 Å². The van der Waals surface area contributed by atoms with E-state index >= 15 is 0 Å². The van der Waals surface area contributed by atoms with Gasteiger partial charge in [0.25, 0.3) is 5.91 Å². The van der Waals surface area contributed by atoms with Crippen molar-refractivity contribution < 1.29 is 15.0 Å². The zero-order valence-electron chi connectivity index (χ0n) is 12.3. The molecule has 2 heterocycles. The maximum absolute atomic E-state index is 12.7. The number of likely N-dealkylation sites (tertiary alicyclic amines) is 1. The van der Waals surface area contributed by atoms with Gasteiger partial charge in [0.2, 0.25) is 0 Å². The average molecular weight is 288 g/mol. The van der Waals surface area contributed by atoms with E-state index in [2.05, 4.69) is 0 Å². The summed E-state index contributed by atoms with van der Waals surface area (Å²) in [5.74, 6) is -0.0960. The number of para-hydroxylation sites is 1. The van der Waals surface area contributed by atoms with Crippen LogP contribution in [0.25, 0.3) is 10.9 Å². The Morgan fingerprint density at radius 1 is 1.38 bits per heavy atom. The van der Waals surface area contributed by atoms with Crippen LogP contribution < -0.4 is 0 Å². The molecule has 0 radical (unpaired) electrons. The molecule has 1 aliphatic rings. The minimum absolute atomic E-state index is 0.0960. The second kappa shape index (κ2) is 4.86. The number of aryl methyl sites for hydroxylation is 1. The first kappa shape index (κ1) is 14.1. The first-order chi connectivity index (χ1) is 9.90. The predicted molar refractivity (Wildman–Crippen MR) is 80.1 cm³/mol. The van der Waals surface area contributed by atoms with Crippen LogP contribution in [0.1, 0.15) is 23.7 Å². The van der Waals surface area contributed by atoms with Crippen molar-refractivity contribution in [1.29, 1.82) is 0 Å². The van der Waals surface area contributed by atoms with Crippen molar-refractivity contribution in [2.45, 2.75) is 25.0 Å². The Bertz CT molecular complexity index is 690. The molecule has 5 nitrogen and oxygen atoms in total. The van der Waals surface area contributed by atoms with E-state index < -0.39 is 11.7 Å². The van der Waals surface area contributed by atoms with E-state index in [9.17, 15) is 15.0 Å². The average Bonchev–Trinajstić information content (AvgIpc) is 2.79. The van der Waals surface area contributed by atoms with Crippen molar-refractivity contribution in [3.63, 3.8) is 0 Å². The highest BCUT2D eigenvalue weighted by atomic mass is 16.3. The number of carbonyl (C=O) groups excluding carboxylic acids is 1. The van der Waals surface area contributed by atoms with Crippen molar-refractivity contribution in [1.82, 2.24) is 9.47 Å². The Balaban J connectivity index is 1.92. The lowest BCUT2D eigenvalue weighted by atomic mass is 9.90. The first-order valence-electron chi connectivity index (χ1n) is 7.14. The fourth-order valence-corrected chi connectivity index (χ4v) is 2.89. The van der Waals surface area contributed by atoms with E-state index in [0.29, 0.717) is 18.5 Å². The summed E-state index contributed by atoms with van der Waals surface area (Å²) in [6.45, 7) is 2.22. The minimum Gasteiger partial charge on any atom is -0.388 e. The first-order valence-corrected chi connectivity index (χ1v) is 7.14. The molecule has 2 aromatic rings. The number of benzene rings is 1. The third kappa shape index (κ3) is 2.32. The minimum atomic E-state index is -1.12. The molecule has 0 spiro atoms. The number of aliphatic hydroxyl groups excluding tert-OH is 1. The zero-order chi connectivity index (χ0) is 15.2. The Hall–Kier alpha value is -1.85. The molecule has 21 heavy (non-hydrogen) atoms. The van der Waals surface area contributed by atoms with Crippen LogP contribution in [0.15, 0.2) is 30.5 Å². The van der Waals surface area contributed by atoms with Crippen LogP contribution in [0, 0.1) is 0 Å². The van der Waals surface area contributed by atoms with Gasteiger partial charge in [0.1, 0.15) is 0 Å². The van der Waals surface area contributed by atoms with Gasteiger partial charge in [-0.15, -0.1) is 0 Å².